The Hall–Kier alpha value is -3.40. The van der Waals surface area contributed by atoms with Gasteiger partial charge < -0.3 is 20.0 Å². The lowest BCUT2D eigenvalue weighted by molar-refractivity contribution is -0.112. The normalized spacial score (nSPS) is 18.8. The summed E-state index contributed by atoms with van der Waals surface area (Å²) >= 11 is 0. The van der Waals surface area contributed by atoms with Crippen LogP contribution in [0.2, 0.25) is 0 Å². The molecule has 0 radical (unpaired) electrons. The molecule has 2 aromatic rings. The van der Waals surface area contributed by atoms with Crippen LogP contribution in [0.15, 0.2) is 53.5 Å². The fourth-order valence-electron chi connectivity index (χ4n) is 3.65. The first kappa shape index (κ1) is 20.9. The first-order valence-electron chi connectivity index (χ1n) is 9.66. The van der Waals surface area contributed by atoms with Crippen LogP contribution in [0.4, 0.5) is 10.1 Å². The van der Waals surface area contributed by atoms with Gasteiger partial charge in [0.25, 0.3) is 5.91 Å². The molecule has 0 bridgehead atoms. The lowest BCUT2D eigenvalue weighted by Crippen LogP contribution is -2.39. The van der Waals surface area contributed by atoms with Gasteiger partial charge in [-0.05, 0) is 25.2 Å². The summed E-state index contributed by atoms with van der Waals surface area (Å²) in [5.74, 6) is -0.0258. The number of rotatable bonds is 4. The van der Waals surface area contributed by atoms with Crippen LogP contribution in [0.3, 0.4) is 0 Å². The van der Waals surface area contributed by atoms with Crippen molar-refractivity contribution in [1.82, 2.24) is 14.3 Å². The average molecular weight is 441 g/mol. The van der Waals surface area contributed by atoms with E-state index in [1.807, 2.05) is 4.90 Å². The van der Waals surface area contributed by atoms with Crippen molar-refractivity contribution in [1.29, 1.82) is 10.8 Å². The number of carbonyl (C=O) groups excluding carboxylic acids is 1. The number of pyridine rings is 1. The van der Waals surface area contributed by atoms with Crippen LogP contribution in [-0.2, 0) is 15.6 Å². The number of aryl methyl sites for hydroxylation is 1. The lowest BCUT2D eigenvalue weighted by Gasteiger charge is -2.33. The molecule has 0 unspecified atom stereocenters. The summed E-state index contributed by atoms with van der Waals surface area (Å²) in [5, 5.41) is 18.7. The first-order valence-corrected chi connectivity index (χ1v) is 11.1. The van der Waals surface area contributed by atoms with Crippen LogP contribution in [0.25, 0.3) is 5.65 Å². The number of aromatic nitrogens is 2. The third-order valence-electron chi connectivity index (χ3n) is 5.12. The molecule has 31 heavy (non-hydrogen) atoms. The number of carbonyl (C=O) groups is 1. The van der Waals surface area contributed by atoms with E-state index in [0.717, 1.165) is 11.9 Å². The summed E-state index contributed by atoms with van der Waals surface area (Å²) < 4.78 is 27.5. The number of hydrogen-bond acceptors (Lipinski definition) is 6. The topological polar surface area (TPSA) is 114 Å². The molecular weight excluding hydrogens is 419 g/mol. The molecule has 3 N–H and O–H groups in total. The molecule has 1 aliphatic heterocycles. The highest BCUT2D eigenvalue weighted by Gasteiger charge is 2.28. The van der Waals surface area contributed by atoms with Gasteiger partial charge in [-0.1, -0.05) is 0 Å². The van der Waals surface area contributed by atoms with Crippen molar-refractivity contribution in [2.75, 3.05) is 29.9 Å². The molecule has 1 saturated heterocycles. The van der Waals surface area contributed by atoms with Gasteiger partial charge >= 0.3 is 0 Å². The SMILES string of the molecule is Cc1cn2cc(NC(=O)C3=CC=C(N4CCS(=O)CC4)/C(=C/C=N)C3=N)cc(F)c2n1. The van der Waals surface area contributed by atoms with E-state index in [4.69, 9.17) is 10.8 Å². The van der Waals surface area contributed by atoms with E-state index in [1.165, 1.54) is 16.5 Å². The Morgan fingerprint density at radius 1 is 1.29 bits per heavy atom. The molecule has 2 aromatic heterocycles. The predicted molar refractivity (Wildman–Crippen MR) is 119 cm³/mol. The van der Waals surface area contributed by atoms with Crippen LogP contribution in [-0.4, -0.2) is 60.9 Å². The smallest absolute Gasteiger partial charge is 0.257 e. The summed E-state index contributed by atoms with van der Waals surface area (Å²) in [6, 6.07) is 1.19. The highest BCUT2D eigenvalue weighted by atomic mass is 32.2. The second kappa shape index (κ2) is 8.38. The second-order valence-corrected chi connectivity index (χ2v) is 8.93. The fraction of sp³-hybridized carbons (Fsp3) is 0.238. The van der Waals surface area contributed by atoms with Crippen LogP contribution in [0, 0.1) is 23.6 Å². The van der Waals surface area contributed by atoms with Gasteiger partial charge in [-0.3, -0.25) is 14.4 Å². The molecular formula is C21H21FN6O2S. The Morgan fingerprint density at radius 3 is 2.74 bits per heavy atom. The molecule has 8 nitrogen and oxygen atoms in total. The molecule has 4 rings (SSSR count). The molecule has 1 fully saturated rings. The molecule has 0 saturated carbocycles. The van der Waals surface area contributed by atoms with Crippen LogP contribution < -0.4 is 5.32 Å². The average Bonchev–Trinajstić information content (AvgIpc) is 3.11. The van der Waals surface area contributed by atoms with Crippen molar-refractivity contribution in [3.05, 3.63) is 65.0 Å². The highest BCUT2D eigenvalue weighted by Crippen LogP contribution is 2.27. The van der Waals surface area contributed by atoms with E-state index in [9.17, 15) is 13.4 Å². The van der Waals surface area contributed by atoms with Gasteiger partial charge in [-0.2, -0.15) is 0 Å². The van der Waals surface area contributed by atoms with Crippen LogP contribution in [0.5, 0.6) is 0 Å². The van der Waals surface area contributed by atoms with Crippen molar-refractivity contribution in [2.24, 2.45) is 0 Å². The quantitative estimate of drug-likeness (QED) is 0.633. The lowest BCUT2D eigenvalue weighted by atomic mass is 9.92. The second-order valence-electron chi connectivity index (χ2n) is 7.23. The number of hydrogen-bond donors (Lipinski definition) is 3. The number of allylic oxidation sites excluding steroid dienone is 4. The van der Waals surface area contributed by atoms with Crippen LogP contribution >= 0.6 is 0 Å². The molecule has 1 aliphatic carbocycles. The number of nitrogens with one attached hydrogen (secondary N) is 3. The van der Waals surface area contributed by atoms with Gasteiger partial charge in [0.15, 0.2) is 11.5 Å². The summed E-state index contributed by atoms with van der Waals surface area (Å²) in [5.41, 5.74) is 2.33. The van der Waals surface area contributed by atoms with Gasteiger partial charge in [0.2, 0.25) is 0 Å². The highest BCUT2D eigenvalue weighted by molar-refractivity contribution is 7.85. The third-order valence-corrected chi connectivity index (χ3v) is 6.40. The van der Waals surface area contributed by atoms with Gasteiger partial charge in [-0.25, -0.2) is 9.37 Å². The zero-order valence-electron chi connectivity index (χ0n) is 16.8. The molecule has 0 atom stereocenters. The van der Waals surface area contributed by atoms with Crippen molar-refractivity contribution < 1.29 is 13.4 Å². The molecule has 10 heteroatoms. The molecule has 1 amide bonds. The minimum atomic E-state index is -0.840. The zero-order chi connectivity index (χ0) is 22.1. The number of anilines is 1. The number of fused-ring (bicyclic) bond motifs is 1. The zero-order valence-corrected chi connectivity index (χ0v) is 17.6. The maximum atomic E-state index is 14.3. The Balaban J connectivity index is 1.62. The molecule has 0 spiro atoms. The maximum absolute atomic E-state index is 14.3. The van der Waals surface area contributed by atoms with E-state index < -0.39 is 22.5 Å². The van der Waals surface area contributed by atoms with Gasteiger partial charge in [0, 0.05) is 71.3 Å². The van der Waals surface area contributed by atoms with E-state index in [0.29, 0.717) is 35.9 Å². The van der Waals surface area contributed by atoms with Crippen molar-refractivity contribution in [3.63, 3.8) is 0 Å². The molecule has 160 valence electrons. The largest absolute Gasteiger partial charge is 0.369 e. The summed E-state index contributed by atoms with van der Waals surface area (Å²) in [6.07, 6.45) is 9.05. The Labute approximate surface area is 180 Å². The molecule has 3 heterocycles. The van der Waals surface area contributed by atoms with Crippen molar-refractivity contribution >= 4 is 40.0 Å². The molecule has 0 aromatic carbocycles. The predicted octanol–water partition coefficient (Wildman–Crippen LogP) is 2.20. The summed E-state index contributed by atoms with van der Waals surface area (Å²) in [6.45, 7) is 2.92. The van der Waals surface area contributed by atoms with Crippen molar-refractivity contribution in [3.8, 4) is 0 Å². The minimum absolute atomic E-state index is 0.0229. The van der Waals surface area contributed by atoms with Crippen LogP contribution in [0.1, 0.15) is 5.69 Å². The number of imidazole rings is 1. The number of halogens is 1. The number of nitrogens with zero attached hydrogens (tertiary/aromatic N) is 3. The fourth-order valence-corrected chi connectivity index (χ4v) is 4.70. The minimum Gasteiger partial charge on any atom is -0.369 e. The van der Waals surface area contributed by atoms with Gasteiger partial charge in [0.05, 0.1) is 22.7 Å². The number of amides is 1. The van der Waals surface area contributed by atoms with E-state index in [1.54, 1.807) is 31.5 Å². The Kier molecular flexibility index (Phi) is 5.64. The summed E-state index contributed by atoms with van der Waals surface area (Å²) in [4.78, 5) is 19.0. The molecule has 2 aliphatic rings. The van der Waals surface area contributed by atoms with E-state index >= 15 is 0 Å². The van der Waals surface area contributed by atoms with Gasteiger partial charge in [0.1, 0.15) is 0 Å². The monoisotopic (exact) mass is 440 g/mol. The van der Waals surface area contributed by atoms with E-state index in [-0.39, 0.29) is 22.6 Å². The summed E-state index contributed by atoms with van der Waals surface area (Å²) in [7, 11) is -0.840. The first-order chi connectivity index (χ1) is 14.9. The third kappa shape index (κ3) is 4.11. The standard InChI is InChI=1S/C21H21FN6O2S/c1-13-11-28-12-14(10-17(22)20(28)25-13)26-21(29)16-2-3-18(15(4-5-23)19(16)24)27-6-8-31(30)9-7-27/h2-5,10-12,23-24H,6-9H2,1H3,(H,26,29)/b15-4-,23-5?,24-19?. The van der Waals surface area contributed by atoms with E-state index in [2.05, 4.69) is 10.3 Å². The Morgan fingerprint density at radius 2 is 2.03 bits per heavy atom. The van der Waals surface area contributed by atoms with Crippen molar-refractivity contribution in [2.45, 2.75) is 6.92 Å². The maximum Gasteiger partial charge on any atom is 0.257 e. The Bertz CT molecular complexity index is 1220. The van der Waals surface area contributed by atoms with Gasteiger partial charge in [-0.15, -0.1) is 0 Å².